The fourth-order valence-corrected chi connectivity index (χ4v) is 2.51. The van der Waals surface area contributed by atoms with Crippen LogP contribution in [-0.2, 0) is 4.74 Å². The van der Waals surface area contributed by atoms with Gasteiger partial charge in [0.15, 0.2) is 5.11 Å². The second-order valence-electron chi connectivity index (χ2n) is 5.40. The smallest absolute Gasteiger partial charge is 0.261 e. The van der Waals surface area contributed by atoms with E-state index in [0.29, 0.717) is 24.5 Å². The molecule has 25 heavy (non-hydrogen) atoms. The van der Waals surface area contributed by atoms with Gasteiger partial charge in [-0.3, -0.25) is 10.1 Å². The van der Waals surface area contributed by atoms with Gasteiger partial charge in [0.2, 0.25) is 0 Å². The Hall–Kier alpha value is -2.44. The van der Waals surface area contributed by atoms with Crippen LogP contribution in [0.3, 0.4) is 0 Å². The SMILES string of the molecule is COCCOc1ccccc1C(=O)NC(=S)NC(C)c1ccccc1. The first-order valence-electron chi connectivity index (χ1n) is 7.99. The van der Waals surface area contributed by atoms with Gasteiger partial charge in [-0.05, 0) is 36.8 Å². The van der Waals surface area contributed by atoms with E-state index in [1.54, 1.807) is 25.3 Å². The number of hydrogen-bond donors (Lipinski definition) is 2. The number of hydrogen-bond acceptors (Lipinski definition) is 4. The molecule has 0 aliphatic rings. The molecular weight excluding hydrogens is 336 g/mol. The molecule has 0 saturated heterocycles. The molecule has 2 rings (SSSR count). The molecule has 0 heterocycles. The Kier molecular flexibility index (Phi) is 7.37. The van der Waals surface area contributed by atoms with Crippen LogP contribution in [0.4, 0.5) is 0 Å². The van der Waals surface area contributed by atoms with Crippen molar-refractivity contribution in [2.45, 2.75) is 13.0 Å². The second kappa shape index (κ2) is 9.76. The lowest BCUT2D eigenvalue weighted by atomic mass is 10.1. The van der Waals surface area contributed by atoms with E-state index in [1.807, 2.05) is 43.3 Å². The van der Waals surface area contributed by atoms with Crippen molar-refractivity contribution in [3.63, 3.8) is 0 Å². The van der Waals surface area contributed by atoms with E-state index < -0.39 is 0 Å². The van der Waals surface area contributed by atoms with Gasteiger partial charge in [-0.25, -0.2) is 0 Å². The van der Waals surface area contributed by atoms with Crippen molar-refractivity contribution in [2.24, 2.45) is 0 Å². The van der Waals surface area contributed by atoms with Crippen molar-refractivity contribution in [1.29, 1.82) is 0 Å². The highest BCUT2D eigenvalue weighted by Gasteiger charge is 2.14. The van der Waals surface area contributed by atoms with Crippen molar-refractivity contribution in [1.82, 2.24) is 10.6 Å². The van der Waals surface area contributed by atoms with Crippen LogP contribution >= 0.6 is 12.2 Å². The molecule has 5 nitrogen and oxygen atoms in total. The molecule has 2 N–H and O–H groups in total. The summed E-state index contributed by atoms with van der Waals surface area (Å²) in [5, 5.41) is 6.08. The number of ether oxygens (including phenoxy) is 2. The van der Waals surface area contributed by atoms with Crippen LogP contribution in [0.5, 0.6) is 5.75 Å². The van der Waals surface area contributed by atoms with Crippen LogP contribution in [0.15, 0.2) is 54.6 Å². The average molecular weight is 358 g/mol. The molecule has 6 heteroatoms. The topological polar surface area (TPSA) is 59.6 Å². The van der Waals surface area contributed by atoms with Crippen LogP contribution in [0.2, 0.25) is 0 Å². The molecular formula is C19H22N2O3S. The van der Waals surface area contributed by atoms with Gasteiger partial charge in [0.1, 0.15) is 12.4 Å². The van der Waals surface area contributed by atoms with E-state index in [-0.39, 0.29) is 17.1 Å². The van der Waals surface area contributed by atoms with Gasteiger partial charge < -0.3 is 14.8 Å². The summed E-state index contributed by atoms with van der Waals surface area (Å²) in [5.74, 6) is 0.182. The zero-order chi connectivity index (χ0) is 18.1. The Morgan fingerprint density at radius 3 is 2.48 bits per heavy atom. The molecule has 0 spiro atoms. The first-order valence-corrected chi connectivity index (χ1v) is 8.40. The van der Waals surface area contributed by atoms with Gasteiger partial charge >= 0.3 is 0 Å². The largest absolute Gasteiger partial charge is 0.490 e. The maximum Gasteiger partial charge on any atom is 0.261 e. The number of amides is 1. The number of carbonyl (C=O) groups excluding carboxylic acids is 1. The highest BCUT2D eigenvalue weighted by molar-refractivity contribution is 7.80. The number of benzene rings is 2. The zero-order valence-electron chi connectivity index (χ0n) is 14.3. The lowest BCUT2D eigenvalue weighted by Gasteiger charge is -2.17. The minimum absolute atomic E-state index is 0.0119. The third kappa shape index (κ3) is 5.85. The molecule has 1 amide bonds. The van der Waals surface area contributed by atoms with E-state index in [4.69, 9.17) is 21.7 Å². The minimum Gasteiger partial charge on any atom is -0.490 e. The summed E-state index contributed by atoms with van der Waals surface area (Å²) in [6.07, 6.45) is 0. The fraction of sp³-hybridized carbons (Fsp3) is 0.263. The molecule has 1 atom stereocenters. The normalized spacial score (nSPS) is 11.4. The quantitative estimate of drug-likeness (QED) is 0.588. The highest BCUT2D eigenvalue weighted by atomic mass is 32.1. The van der Waals surface area contributed by atoms with Crippen LogP contribution in [0.25, 0.3) is 0 Å². The van der Waals surface area contributed by atoms with Gasteiger partial charge in [0.25, 0.3) is 5.91 Å². The molecule has 2 aromatic carbocycles. The molecule has 0 bridgehead atoms. The van der Waals surface area contributed by atoms with Gasteiger partial charge in [-0.2, -0.15) is 0 Å². The van der Waals surface area contributed by atoms with E-state index in [0.717, 1.165) is 5.56 Å². The van der Waals surface area contributed by atoms with E-state index in [1.165, 1.54) is 0 Å². The Labute approximate surface area is 153 Å². The maximum atomic E-state index is 12.5. The molecule has 0 radical (unpaired) electrons. The summed E-state index contributed by atoms with van der Waals surface area (Å²) in [5.41, 5.74) is 1.51. The summed E-state index contributed by atoms with van der Waals surface area (Å²) in [6, 6.07) is 16.9. The summed E-state index contributed by atoms with van der Waals surface area (Å²) < 4.78 is 10.5. The lowest BCUT2D eigenvalue weighted by Crippen LogP contribution is -2.40. The zero-order valence-corrected chi connectivity index (χ0v) is 15.1. The monoisotopic (exact) mass is 358 g/mol. The summed E-state index contributed by atoms with van der Waals surface area (Å²) in [6.45, 7) is 2.80. The number of para-hydroxylation sites is 1. The predicted octanol–water partition coefficient (Wildman–Crippen LogP) is 3.08. The van der Waals surface area contributed by atoms with Crippen LogP contribution in [-0.4, -0.2) is 31.3 Å². The van der Waals surface area contributed by atoms with Crippen molar-refractivity contribution in [3.05, 3.63) is 65.7 Å². The molecule has 0 aliphatic heterocycles. The Morgan fingerprint density at radius 1 is 1.08 bits per heavy atom. The van der Waals surface area contributed by atoms with E-state index in [2.05, 4.69) is 10.6 Å². The summed E-state index contributed by atoms with van der Waals surface area (Å²) in [7, 11) is 1.60. The van der Waals surface area contributed by atoms with E-state index in [9.17, 15) is 4.79 Å². The number of rotatable bonds is 7. The van der Waals surface area contributed by atoms with Crippen LogP contribution < -0.4 is 15.4 Å². The lowest BCUT2D eigenvalue weighted by molar-refractivity contribution is 0.0968. The van der Waals surface area contributed by atoms with Gasteiger partial charge in [-0.15, -0.1) is 0 Å². The second-order valence-corrected chi connectivity index (χ2v) is 5.81. The molecule has 0 aromatic heterocycles. The number of thiocarbonyl (C=S) groups is 1. The first kappa shape index (κ1) is 18.9. The van der Waals surface area contributed by atoms with Crippen LogP contribution in [0, 0.1) is 0 Å². The molecule has 0 saturated carbocycles. The van der Waals surface area contributed by atoms with Gasteiger partial charge in [-0.1, -0.05) is 42.5 Å². The third-order valence-corrected chi connectivity index (χ3v) is 3.77. The van der Waals surface area contributed by atoms with Crippen molar-refractivity contribution in [2.75, 3.05) is 20.3 Å². The van der Waals surface area contributed by atoms with Crippen molar-refractivity contribution in [3.8, 4) is 5.75 Å². The fourth-order valence-electron chi connectivity index (χ4n) is 2.24. The first-order chi connectivity index (χ1) is 12.1. The molecule has 1 unspecified atom stereocenters. The van der Waals surface area contributed by atoms with Gasteiger partial charge in [0, 0.05) is 7.11 Å². The molecule has 132 valence electrons. The maximum absolute atomic E-state index is 12.5. The minimum atomic E-state index is -0.314. The van der Waals surface area contributed by atoms with Crippen molar-refractivity contribution < 1.29 is 14.3 Å². The number of methoxy groups -OCH3 is 1. The average Bonchev–Trinajstić information content (AvgIpc) is 2.63. The predicted molar refractivity (Wildman–Crippen MR) is 102 cm³/mol. The summed E-state index contributed by atoms with van der Waals surface area (Å²) >= 11 is 5.25. The Balaban J connectivity index is 1.96. The van der Waals surface area contributed by atoms with E-state index >= 15 is 0 Å². The third-order valence-electron chi connectivity index (χ3n) is 3.55. The molecule has 0 aliphatic carbocycles. The molecule has 0 fully saturated rings. The Bertz CT molecular complexity index is 707. The standard InChI is InChI=1S/C19H22N2O3S/c1-14(15-8-4-3-5-9-15)20-19(25)21-18(22)16-10-6-7-11-17(16)24-13-12-23-2/h3-11,14H,12-13H2,1-2H3,(H2,20,21,22,25). The van der Waals surface area contributed by atoms with Gasteiger partial charge in [0.05, 0.1) is 18.2 Å². The van der Waals surface area contributed by atoms with Crippen molar-refractivity contribution >= 4 is 23.2 Å². The summed E-state index contributed by atoms with van der Waals surface area (Å²) in [4.78, 5) is 12.5. The molecule has 2 aromatic rings. The Morgan fingerprint density at radius 2 is 1.76 bits per heavy atom. The number of carbonyl (C=O) groups is 1. The highest BCUT2D eigenvalue weighted by Crippen LogP contribution is 2.18. The van der Waals surface area contributed by atoms with Crippen LogP contribution in [0.1, 0.15) is 28.9 Å². The number of nitrogens with one attached hydrogen (secondary N) is 2.